The van der Waals surface area contributed by atoms with Crippen molar-refractivity contribution in [2.75, 3.05) is 30.9 Å². The van der Waals surface area contributed by atoms with Crippen molar-refractivity contribution in [1.29, 1.82) is 0 Å². The lowest BCUT2D eigenvalue weighted by molar-refractivity contribution is -0.146. The quantitative estimate of drug-likeness (QED) is 0.392. The summed E-state index contributed by atoms with van der Waals surface area (Å²) in [6.45, 7) is 12.2. The molecule has 0 unspecified atom stereocenters. The predicted molar refractivity (Wildman–Crippen MR) is 132 cm³/mol. The van der Waals surface area contributed by atoms with Crippen LogP contribution in [0, 0.1) is 5.92 Å². The first-order chi connectivity index (χ1) is 16.2. The maximum absolute atomic E-state index is 16.1. The molecule has 35 heavy (non-hydrogen) atoms. The van der Waals surface area contributed by atoms with Gasteiger partial charge in [0.1, 0.15) is 11.7 Å². The van der Waals surface area contributed by atoms with Gasteiger partial charge in [0.2, 0.25) is 11.9 Å². The van der Waals surface area contributed by atoms with Crippen LogP contribution in [0.4, 0.5) is 16.2 Å². The van der Waals surface area contributed by atoms with E-state index in [1.165, 1.54) is 10.9 Å². The highest BCUT2D eigenvalue weighted by Gasteiger charge is 2.59. The number of aliphatic hydroxyl groups is 2. The minimum absolute atomic E-state index is 0.0281. The van der Waals surface area contributed by atoms with E-state index in [-0.39, 0.29) is 28.5 Å². The Kier molecular flexibility index (Phi) is 7.59. The van der Waals surface area contributed by atoms with E-state index in [0.29, 0.717) is 11.3 Å². The van der Waals surface area contributed by atoms with Crippen LogP contribution >= 0.6 is 0 Å². The van der Waals surface area contributed by atoms with Gasteiger partial charge in [0.25, 0.3) is 0 Å². The highest BCUT2D eigenvalue weighted by molar-refractivity contribution is 6.74. The van der Waals surface area contributed by atoms with E-state index in [0.717, 1.165) is 0 Å². The predicted octanol–water partition coefficient (Wildman–Crippen LogP) is 2.44. The van der Waals surface area contributed by atoms with Crippen LogP contribution in [-0.2, 0) is 14.0 Å². The number of anilines is 2. The normalized spacial score (nSPS) is 22.7. The molecular weight excluding hydrogens is 475 g/mol. The number of nitrogens with one attached hydrogen (secondary N) is 2. The number of rotatable bonds is 8. The minimum atomic E-state index is -2.50. The van der Waals surface area contributed by atoms with Crippen LogP contribution in [0.1, 0.15) is 40.8 Å². The zero-order valence-corrected chi connectivity index (χ0v) is 22.6. The fraction of sp³-hybridized carbons (Fsp3) is 0.727. The van der Waals surface area contributed by atoms with E-state index < -0.39 is 45.6 Å². The van der Waals surface area contributed by atoms with Crippen molar-refractivity contribution < 1.29 is 28.6 Å². The molecule has 0 spiro atoms. The number of carbonyl (C=O) groups excluding carboxylic acids is 1. The van der Waals surface area contributed by atoms with E-state index >= 15 is 4.39 Å². The number of aliphatic hydroxyl groups excluding tert-OH is 2. The third kappa shape index (κ3) is 4.92. The van der Waals surface area contributed by atoms with Crippen LogP contribution in [0.25, 0.3) is 11.2 Å². The number of halogens is 1. The second kappa shape index (κ2) is 9.69. The number of nitrogens with zero attached hydrogens (tertiary/aromatic N) is 4. The van der Waals surface area contributed by atoms with Crippen molar-refractivity contribution in [2.24, 2.45) is 5.92 Å². The fourth-order valence-corrected chi connectivity index (χ4v) is 4.91. The molecule has 4 N–H and O–H groups in total. The molecule has 1 fully saturated rings. The number of aromatic nitrogens is 4. The zero-order chi connectivity index (χ0) is 26.3. The van der Waals surface area contributed by atoms with Gasteiger partial charge in [-0.1, -0.05) is 34.6 Å². The Labute approximate surface area is 205 Å². The van der Waals surface area contributed by atoms with Gasteiger partial charge in [0, 0.05) is 13.0 Å². The van der Waals surface area contributed by atoms with Gasteiger partial charge in [0.05, 0.1) is 19.5 Å². The highest BCUT2D eigenvalue weighted by Crippen LogP contribution is 2.46. The van der Waals surface area contributed by atoms with E-state index in [1.807, 2.05) is 33.9 Å². The Morgan fingerprint density at radius 2 is 1.94 bits per heavy atom. The summed E-state index contributed by atoms with van der Waals surface area (Å²) in [5.41, 5.74) is -1.10. The summed E-state index contributed by atoms with van der Waals surface area (Å²) in [6.07, 6.45) is -2.89. The molecule has 2 aromatic rings. The molecule has 0 bridgehead atoms. The molecular formula is C22H37FN6O5Si. The third-order valence-electron chi connectivity index (χ3n) is 6.89. The molecule has 3 heterocycles. The standard InChI is InChI=1S/C22H37FN6O5Si/c1-12(2)18(32)28-20-26-16(24-6)14-17(27-20)29(11-25-14)19-13(23)15(22(9-30,10-31)33-19)34-35(7,8)21(3,4)5/h11-13,15,19,30-31H,9-10H2,1-8H3,(H2,24,26,27,28,32)/t13-,15+,19-/m1/s1. The number of imidazole rings is 1. The molecule has 0 aliphatic carbocycles. The Hall–Kier alpha value is -2.19. The summed E-state index contributed by atoms with van der Waals surface area (Å²) in [4.78, 5) is 25.2. The van der Waals surface area contributed by atoms with E-state index in [4.69, 9.17) is 9.16 Å². The van der Waals surface area contributed by atoms with Crippen molar-refractivity contribution in [1.82, 2.24) is 19.5 Å². The van der Waals surface area contributed by atoms with Crippen LogP contribution in [0.2, 0.25) is 18.1 Å². The Bertz CT molecular complexity index is 1070. The van der Waals surface area contributed by atoms with Crippen molar-refractivity contribution in [3.05, 3.63) is 6.33 Å². The maximum atomic E-state index is 16.1. The maximum Gasteiger partial charge on any atom is 0.233 e. The smallest absolute Gasteiger partial charge is 0.233 e. The number of fused-ring (bicyclic) bond motifs is 1. The Morgan fingerprint density at radius 3 is 2.46 bits per heavy atom. The number of hydrogen-bond donors (Lipinski definition) is 4. The fourth-order valence-electron chi connectivity index (χ4n) is 3.58. The molecule has 3 rings (SSSR count). The van der Waals surface area contributed by atoms with E-state index in [2.05, 4.69) is 25.6 Å². The first kappa shape index (κ1) is 27.4. The van der Waals surface area contributed by atoms with Crippen molar-refractivity contribution in [3.8, 4) is 0 Å². The number of ether oxygens (including phenoxy) is 1. The van der Waals surface area contributed by atoms with E-state index in [9.17, 15) is 15.0 Å². The molecule has 196 valence electrons. The van der Waals surface area contributed by atoms with Gasteiger partial charge in [-0.2, -0.15) is 9.97 Å². The summed E-state index contributed by atoms with van der Waals surface area (Å²) < 4.78 is 29.8. The molecule has 13 heteroatoms. The average Bonchev–Trinajstić information content (AvgIpc) is 3.31. The van der Waals surface area contributed by atoms with Crippen LogP contribution in [-0.4, -0.2) is 82.1 Å². The lowest BCUT2D eigenvalue weighted by atomic mass is 9.98. The molecule has 0 aromatic carbocycles. The molecule has 1 aliphatic heterocycles. The molecule has 0 saturated carbocycles. The summed E-state index contributed by atoms with van der Waals surface area (Å²) in [5.74, 6) is -0.208. The third-order valence-corrected chi connectivity index (χ3v) is 11.3. The van der Waals surface area contributed by atoms with Gasteiger partial charge < -0.3 is 24.7 Å². The van der Waals surface area contributed by atoms with Crippen molar-refractivity contribution in [2.45, 2.75) is 76.9 Å². The molecule has 1 aliphatic rings. The van der Waals surface area contributed by atoms with Crippen molar-refractivity contribution >= 4 is 37.2 Å². The summed E-state index contributed by atoms with van der Waals surface area (Å²) >= 11 is 0. The molecule has 1 amide bonds. The van der Waals surface area contributed by atoms with Gasteiger partial charge in [-0.25, -0.2) is 9.37 Å². The van der Waals surface area contributed by atoms with Crippen LogP contribution in [0.15, 0.2) is 6.33 Å². The second-order valence-electron chi connectivity index (χ2n) is 10.7. The van der Waals surface area contributed by atoms with Crippen LogP contribution in [0.3, 0.4) is 0 Å². The first-order valence-corrected chi connectivity index (χ1v) is 14.6. The molecule has 1 saturated heterocycles. The largest absolute Gasteiger partial charge is 0.408 e. The zero-order valence-electron chi connectivity index (χ0n) is 21.6. The van der Waals surface area contributed by atoms with E-state index in [1.54, 1.807) is 20.9 Å². The lowest BCUT2D eigenvalue weighted by Gasteiger charge is -2.42. The number of carbonyl (C=O) groups is 1. The summed E-state index contributed by atoms with van der Waals surface area (Å²) in [6, 6.07) is 0. The molecule has 2 aromatic heterocycles. The minimum Gasteiger partial charge on any atom is -0.408 e. The summed E-state index contributed by atoms with van der Waals surface area (Å²) in [7, 11) is -0.861. The number of alkyl halides is 1. The number of hydrogen-bond acceptors (Lipinski definition) is 9. The Morgan fingerprint density at radius 1 is 1.31 bits per heavy atom. The van der Waals surface area contributed by atoms with Gasteiger partial charge in [-0.15, -0.1) is 0 Å². The van der Waals surface area contributed by atoms with Crippen molar-refractivity contribution in [3.63, 3.8) is 0 Å². The molecule has 0 radical (unpaired) electrons. The van der Waals surface area contributed by atoms with Gasteiger partial charge in [-0.3, -0.25) is 14.7 Å². The van der Waals surface area contributed by atoms with Gasteiger partial charge in [0.15, 0.2) is 37.7 Å². The van der Waals surface area contributed by atoms with Gasteiger partial charge >= 0.3 is 0 Å². The SMILES string of the molecule is CNc1nc(NC(=O)C(C)C)nc2c1ncn2[C@@H]1OC(CO)(CO)[C@@H](O[Si](C)(C)C(C)(C)C)[C@H]1F. The lowest BCUT2D eigenvalue weighted by Crippen LogP contribution is -2.56. The van der Waals surface area contributed by atoms with Crippen LogP contribution in [0.5, 0.6) is 0 Å². The highest BCUT2D eigenvalue weighted by atomic mass is 28.4. The van der Waals surface area contributed by atoms with Gasteiger partial charge in [-0.05, 0) is 18.1 Å². The second-order valence-corrected chi connectivity index (χ2v) is 15.5. The Balaban J connectivity index is 2.07. The monoisotopic (exact) mass is 512 g/mol. The van der Waals surface area contributed by atoms with Crippen LogP contribution < -0.4 is 10.6 Å². The summed E-state index contributed by atoms with van der Waals surface area (Å²) in [5, 5.41) is 25.7. The average molecular weight is 513 g/mol. The molecule has 11 nitrogen and oxygen atoms in total. The first-order valence-electron chi connectivity index (χ1n) is 11.7. The molecule has 3 atom stereocenters. The number of amides is 1. The topological polar surface area (TPSA) is 144 Å².